The summed E-state index contributed by atoms with van der Waals surface area (Å²) in [6, 6.07) is 7.61. The number of rotatable bonds is 4. The summed E-state index contributed by atoms with van der Waals surface area (Å²) in [5.74, 6) is 1.63. The molecule has 2 heterocycles. The van der Waals surface area contributed by atoms with Crippen LogP contribution >= 0.6 is 0 Å². The molecular formula is C13H14N6O. The van der Waals surface area contributed by atoms with E-state index >= 15 is 0 Å². The van der Waals surface area contributed by atoms with E-state index in [9.17, 15) is 0 Å². The fraction of sp³-hybridized carbons (Fsp3) is 0.154. The Hall–Kier alpha value is -2.83. The van der Waals surface area contributed by atoms with Gasteiger partial charge in [0.25, 0.3) is 0 Å². The normalized spacial score (nSPS) is 10.7. The number of anilines is 3. The Morgan fingerprint density at radius 3 is 2.80 bits per heavy atom. The van der Waals surface area contributed by atoms with Gasteiger partial charge in [0.15, 0.2) is 5.65 Å². The molecule has 0 saturated carbocycles. The van der Waals surface area contributed by atoms with Gasteiger partial charge in [0.2, 0.25) is 5.95 Å². The van der Waals surface area contributed by atoms with E-state index in [-0.39, 0.29) is 5.95 Å². The summed E-state index contributed by atoms with van der Waals surface area (Å²) in [7, 11) is 0. The van der Waals surface area contributed by atoms with Gasteiger partial charge in [0.1, 0.15) is 11.6 Å². The van der Waals surface area contributed by atoms with Gasteiger partial charge >= 0.3 is 0 Å². The number of H-pyrrole nitrogens is 1. The Kier molecular flexibility index (Phi) is 3.08. The van der Waals surface area contributed by atoms with Gasteiger partial charge < -0.3 is 15.8 Å². The average molecular weight is 270 g/mol. The summed E-state index contributed by atoms with van der Waals surface area (Å²) >= 11 is 0. The fourth-order valence-corrected chi connectivity index (χ4v) is 1.89. The average Bonchev–Trinajstić information content (AvgIpc) is 2.89. The second-order valence-corrected chi connectivity index (χ2v) is 4.15. The molecule has 0 aliphatic carbocycles. The first-order valence-electron chi connectivity index (χ1n) is 6.22. The number of hydrogen-bond donors (Lipinski definition) is 3. The van der Waals surface area contributed by atoms with Crippen LogP contribution in [0.3, 0.4) is 0 Å². The van der Waals surface area contributed by atoms with Crippen molar-refractivity contribution in [2.45, 2.75) is 6.92 Å². The van der Waals surface area contributed by atoms with Crippen LogP contribution in [0.15, 0.2) is 30.5 Å². The molecule has 0 amide bonds. The molecule has 0 saturated heterocycles. The number of benzene rings is 1. The number of nitrogens with one attached hydrogen (secondary N) is 2. The zero-order valence-electron chi connectivity index (χ0n) is 10.9. The minimum absolute atomic E-state index is 0.190. The standard InChI is InChI=1S/C13H14N6O/c1-2-20-9-5-3-8(4-6-9)16-11-10-7-15-19-12(10)18-13(14)17-11/h3-7H,2H2,1H3,(H4,14,15,16,17,18,19). The predicted molar refractivity (Wildman–Crippen MR) is 77.0 cm³/mol. The first-order chi connectivity index (χ1) is 9.76. The number of nitrogens with zero attached hydrogens (tertiary/aromatic N) is 3. The van der Waals surface area contributed by atoms with Crippen molar-refractivity contribution in [2.75, 3.05) is 17.7 Å². The Bertz CT molecular complexity index is 721. The van der Waals surface area contributed by atoms with E-state index in [4.69, 9.17) is 10.5 Å². The minimum Gasteiger partial charge on any atom is -0.494 e. The maximum atomic E-state index is 5.67. The maximum absolute atomic E-state index is 5.67. The van der Waals surface area contributed by atoms with Crippen molar-refractivity contribution in [2.24, 2.45) is 0 Å². The van der Waals surface area contributed by atoms with Crippen molar-refractivity contribution in [3.63, 3.8) is 0 Å². The van der Waals surface area contributed by atoms with Crippen molar-refractivity contribution in [3.8, 4) is 5.75 Å². The van der Waals surface area contributed by atoms with E-state index in [1.807, 2.05) is 31.2 Å². The molecule has 2 aromatic heterocycles. The van der Waals surface area contributed by atoms with Crippen LogP contribution in [0.4, 0.5) is 17.5 Å². The van der Waals surface area contributed by atoms with E-state index in [1.54, 1.807) is 6.20 Å². The van der Waals surface area contributed by atoms with Crippen LogP contribution in [-0.4, -0.2) is 26.8 Å². The quantitative estimate of drug-likeness (QED) is 0.671. The second-order valence-electron chi connectivity index (χ2n) is 4.15. The largest absolute Gasteiger partial charge is 0.494 e. The van der Waals surface area contributed by atoms with Crippen molar-refractivity contribution in [3.05, 3.63) is 30.5 Å². The Balaban J connectivity index is 1.90. The molecule has 20 heavy (non-hydrogen) atoms. The molecule has 0 aliphatic heterocycles. The van der Waals surface area contributed by atoms with E-state index in [2.05, 4.69) is 25.5 Å². The first-order valence-corrected chi connectivity index (χ1v) is 6.22. The van der Waals surface area contributed by atoms with Crippen molar-refractivity contribution in [1.82, 2.24) is 20.2 Å². The summed E-state index contributed by atoms with van der Waals surface area (Å²) in [6.07, 6.45) is 1.66. The molecule has 0 bridgehead atoms. The molecule has 7 nitrogen and oxygen atoms in total. The molecule has 0 spiro atoms. The molecule has 1 aromatic carbocycles. The number of fused-ring (bicyclic) bond motifs is 1. The highest BCUT2D eigenvalue weighted by molar-refractivity contribution is 5.88. The Labute approximate surface area is 115 Å². The van der Waals surface area contributed by atoms with Gasteiger partial charge in [-0.2, -0.15) is 15.1 Å². The summed E-state index contributed by atoms with van der Waals surface area (Å²) in [5.41, 5.74) is 7.16. The minimum atomic E-state index is 0.190. The van der Waals surface area contributed by atoms with Crippen molar-refractivity contribution < 1.29 is 4.74 Å². The molecule has 3 rings (SSSR count). The highest BCUT2D eigenvalue weighted by atomic mass is 16.5. The number of aromatic amines is 1. The van der Waals surface area contributed by atoms with Crippen LogP contribution in [0.1, 0.15) is 6.92 Å². The van der Waals surface area contributed by atoms with Gasteiger partial charge in [0.05, 0.1) is 18.2 Å². The molecule has 0 aliphatic rings. The molecule has 4 N–H and O–H groups in total. The van der Waals surface area contributed by atoms with Crippen molar-refractivity contribution in [1.29, 1.82) is 0 Å². The topological polar surface area (TPSA) is 102 Å². The van der Waals surface area contributed by atoms with E-state index < -0.39 is 0 Å². The molecule has 0 fully saturated rings. The number of nitrogen functional groups attached to an aromatic ring is 1. The number of hydrogen-bond acceptors (Lipinski definition) is 6. The molecule has 0 radical (unpaired) electrons. The smallest absolute Gasteiger partial charge is 0.224 e. The zero-order valence-corrected chi connectivity index (χ0v) is 10.9. The summed E-state index contributed by atoms with van der Waals surface area (Å²) < 4.78 is 5.40. The molecular weight excluding hydrogens is 256 g/mol. The van der Waals surface area contributed by atoms with Crippen LogP contribution in [0.25, 0.3) is 11.0 Å². The molecule has 0 unspecified atom stereocenters. The second kappa shape index (κ2) is 5.04. The van der Waals surface area contributed by atoms with Gasteiger partial charge in [-0.25, -0.2) is 0 Å². The van der Waals surface area contributed by atoms with Crippen LogP contribution < -0.4 is 15.8 Å². The fourth-order valence-electron chi connectivity index (χ4n) is 1.89. The third-order valence-corrected chi connectivity index (χ3v) is 2.76. The molecule has 0 atom stereocenters. The third kappa shape index (κ3) is 2.33. The lowest BCUT2D eigenvalue weighted by atomic mass is 10.3. The first kappa shape index (κ1) is 12.2. The third-order valence-electron chi connectivity index (χ3n) is 2.76. The number of aromatic nitrogens is 4. The molecule has 102 valence electrons. The Morgan fingerprint density at radius 1 is 1.25 bits per heavy atom. The van der Waals surface area contributed by atoms with Crippen LogP contribution in [-0.2, 0) is 0 Å². The van der Waals surface area contributed by atoms with E-state index in [1.165, 1.54) is 0 Å². The van der Waals surface area contributed by atoms with E-state index in [0.29, 0.717) is 18.1 Å². The highest BCUT2D eigenvalue weighted by Gasteiger charge is 2.08. The Morgan fingerprint density at radius 2 is 2.05 bits per heavy atom. The monoisotopic (exact) mass is 270 g/mol. The van der Waals surface area contributed by atoms with Gasteiger partial charge in [-0.3, -0.25) is 5.10 Å². The summed E-state index contributed by atoms with van der Waals surface area (Å²) in [5, 5.41) is 10.7. The lowest BCUT2D eigenvalue weighted by molar-refractivity contribution is 0.340. The summed E-state index contributed by atoms with van der Waals surface area (Å²) in [4.78, 5) is 8.26. The number of ether oxygens (including phenoxy) is 1. The van der Waals surface area contributed by atoms with Gasteiger partial charge in [-0.15, -0.1) is 0 Å². The highest BCUT2D eigenvalue weighted by Crippen LogP contribution is 2.24. The van der Waals surface area contributed by atoms with Crippen LogP contribution in [0.2, 0.25) is 0 Å². The molecule has 3 aromatic rings. The van der Waals surface area contributed by atoms with Crippen LogP contribution in [0.5, 0.6) is 5.75 Å². The van der Waals surface area contributed by atoms with Gasteiger partial charge in [-0.05, 0) is 31.2 Å². The lowest BCUT2D eigenvalue weighted by Crippen LogP contribution is -2.00. The number of nitrogens with two attached hydrogens (primary N) is 1. The summed E-state index contributed by atoms with van der Waals surface area (Å²) in [6.45, 7) is 2.59. The van der Waals surface area contributed by atoms with Gasteiger partial charge in [-0.1, -0.05) is 0 Å². The zero-order chi connectivity index (χ0) is 13.9. The van der Waals surface area contributed by atoms with Crippen LogP contribution in [0, 0.1) is 0 Å². The van der Waals surface area contributed by atoms with E-state index in [0.717, 1.165) is 16.8 Å². The maximum Gasteiger partial charge on any atom is 0.224 e. The SMILES string of the molecule is CCOc1ccc(Nc2nc(N)nc3[nH]ncc23)cc1. The van der Waals surface area contributed by atoms with Gasteiger partial charge in [0, 0.05) is 5.69 Å². The van der Waals surface area contributed by atoms with Crippen molar-refractivity contribution >= 4 is 28.5 Å². The molecule has 7 heteroatoms. The lowest BCUT2D eigenvalue weighted by Gasteiger charge is -2.08. The predicted octanol–water partition coefficient (Wildman–Crippen LogP) is 2.08.